The lowest BCUT2D eigenvalue weighted by atomic mass is 9.96. The van der Waals surface area contributed by atoms with Crippen LogP contribution in [0.4, 0.5) is 5.95 Å². The lowest BCUT2D eigenvalue weighted by Gasteiger charge is -2.17. The zero-order valence-electron chi connectivity index (χ0n) is 12.3. The Morgan fingerprint density at radius 2 is 1.81 bits per heavy atom. The summed E-state index contributed by atoms with van der Waals surface area (Å²) >= 11 is 0. The Morgan fingerprint density at radius 1 is 1.00 bits per heavy atom. The second-order valence-electron chi connectivity index (χ2n) is 6.00. The first-order valence-corrected chi connectivity index (χ1v) is 6.81. The van der Waals surface area contributed by atoms with Crippen molar-refractivity contribution < 1.29 is 0 Å². The number of hydrogen-bond acceptors (Lipinski definition) is 5. The van der Waals surface area contributed by atoms with Gasteiger partial charge >= 0.3 is 0 Å². The topological polar surface area (TPSA) is 77.6 Å². The molecule has 0 unspecified atom stereocenters. The van der Waals surface area contributed by atoms with Crippen molar-refractivity contribution in [2.75, 3.05) is 5.73 Å². The third-order valence-corrected chi connectivity index (χ3v) is 3.18. The number of aromatic nitrogens is 4. The second kappa shape index (κ2) is 4.77. The fourth-order valence-electron chi connectivity index (χ4n) is 2.07. The van der Waals surface area contributed by atoms with Crippen LogP contribution in [0, 0.1) is 0 Å². The Hall–Kier alpha value is -2.56. The molecule has 5 heteroatoms. The summed E-state index contributed by atoms with van der Waals surface area (Å²) < 4.78 is 0. The van der Waals surface area contributed by atoms with Gasteiger partial charge in [-0.05, 0) is 24.3 Å². The van der Waals surface area contributed by atoms with Gasteiger partial charge in [0.1, 0.15) is 5.82 Å². The molecule has 0 fully saturated rings. The average molecular weight is 279 g/mol. The molecule has 0 atom stereocenters. The van der Waals surface area contributed by atoms with E-state index in [2.05, 4.69) is 40.7 Å². The molecule has 3 rings (SSSR count). The maximum absolute atomic E-state index is 5.83. The van der Waals surface area contributed by atoms with Crippen LogP contribution in [0.1, 0.15) is 26.6 Å². The maximum Gasteiger partial charge on any atom is 0.223 e. The van der Waals surface area contributed by atoms with Gasteiger partial charge in [0.05, 0.1) is 5.52 Å². The van der Waals surface area contributed by atoms with E-state index in [0.717, 1.165) is 16.5 Å². The van der Waals surface area contributed by atoms with Crippen LogP contribution in [0.15, 0.2) is 36.5 Å². The van der Waals surface area contributed by atoms with Crippen molar-refractivity contribution in [2.24, 2.45) is 0 Å². The molecule has 0 bridgehead atoms. The first kappa shape index (κ1) is 13.4. The number of nitrogen functional groups attached to an aromatic ring is 1. The molecule has 0 saturated heterocycles. The molecule has 2 N–H and O–H groups in total. The van der Waals surface area contributed by atoms with Gasteiger partial charge in [0.2, 0.25) is 5.95 Å². The van der Waals surface area contributed by atoms with E-state index >= 15 is 0 Å². The summed E-state index contributed by atoms with van der Waals surface area (Å²) in [5.41, 5.74) is 7.51. The van der Waals surface area contributed by atoms with Gasteiger partial charge in [-0.25, -0.2) is 4.98 Å². The van der Waals surface area contributed by atoms with E-state index in [9.17, 15) is 0 Å². The van der Waals surface area contributed by atoms with Crippen molar-refractivity contribution in [3.05, 3.63) is 42.4 Å². The number of nitrogens with zero attached hydrogens (tertiary/aromatic N) is 4. The van der Waals surface area contributed by atoms with Crippen LogP contribution >= 0.6 is 0 Å². The molecule has 106 valence electrons. The lowest BCUT2D eigenvalue weighted by Crippen LogP contribution is -2.18. The summed E-state index contributed by atoms with van der Waals surface area (Å²) in [6.45, 7) is 6.15. The van der Waals surface area contributed by atoms with E-state index in [1.165, 1.54) is 0 Å². The van der Waals surface area contributed by atoms with E-state index in [4.69, 9.17) is 5.73 Å². The summed E-state index contributed by atoms with van der Waals surface area (Å²) in [5, 5.41) is 1.05. The van der Waals surface area contributed by atoms with Crippen molar-refractivity contribution >= 4 is 16.9 Å². The summed E-state index contributed by atoms with van der Waals surface area (Å²) in [6, 6.07) is 9.86. The Balaban J connectivity index is 2.16. The largest absolute Gasteiger partial charge is 0.368 e. The quantitative estimate of drug-likeness (QED) is 0.741. The molecule has 5 nitrogen and oxygen atoms in total. The van der Waals surface area contributed by atoms with Gasteiger partial charge in [-0.15, -0.1) is 0 Å². The van der Waals surface area contributed by atoms with Gasteiger partial charge in [-0.1, -0.05) is 26.8 Å². The molecular weight excluding hydrogens is 262 g/mol. The molecule has 1 aromatic carbocycles. The molecule has 2 aromatic heterocycles. The summed E-state index contributed by atoms with van der Waals surface area (Å²) in [4.78, 5) is 17.4. The van der Waals surface area contributed by atoms with Crippen molar-refractivity contribution in [3.8, 4) is 11.4 Å². The van der Waals surface area contributed by atoms with Crippen LogP contribution in [-0.4, -0.2) is 19.9 Å². The molecule has 21 heavy (non-hydrogen) atoms. The fraction of sp³-hybridized carbons (Fsp3) is 0.250. The lowest BCUT2D eigenvalue weighted by molar-refractivity contribution is 0.544. The molecule has 0 aliphatic heterocycles. The van der Waals surface area contributed by atoms with Crippen molar-refractivity contribution in [1.29, 1.82) is 0 Å². The zero-order chi connectivity index (χ0) is 15.0. The minimum absolute atomic E-state index is 0.176. The minimum Gasteiger partial charge on any atom is -0.368 e. The molecule has 0 amide bonds. The van der Waals surface area contributed by atoms with Crippen LogP contribution in [0.2, 0.25) is 0 Å². The Kier molecular flexibility index (Phi) is 3.05. The molecule has 0 aliphatic carbocycles. The molecule has 0 aliphatic rings. The summed E-state index contributed by atoms with van der Waals surface area (Å²) in [6.07, 6.45) is 1.78. The maximum atomic E-state index is 5.83. The normalized spacial score (nSPS) is 11.8. The second-order valence-corrected chi connectivity index (χ2v) is 6.00. The predicted molar refractivity (Wildman–Crippen MR) is 83.7 cm³/mol. The third-order valence-electron chi connectivity index (χ3n) is 3.18. The highest BCUT2D eigenvalue weighted by Crippen LogP contribution is 2.24. The number of anilines is 1. The molecule has 0 radical (unpaired) electrons. The van der Waals surface area contributed by atoms with Gasteiger partial charge in [0, 0.05) is 22.6 Å². The van der Waals surface area contributed by atoms with Crippen molar-refractivity contribution in [2.45, 2.75) is 26.2 Å². The first-order valence-electron chi connectivity index (χ1n) is 6.81. The van der Waals surface area contributed by atoms with Crippen LogP contribution in [0.25, 0.3) is 22.3 Å². The Morgan fingerprint density at radius 3 is 2.57 bits per heavy atom. The average Bonchev–Trinajstić information content (AvgIpc) is 2.45. The van der Waals surface area contributed by atoms with E-state index in [0.29, 0.717) is 11.6 Å². The number of pyridine rings is 1. The fourth-order valence-corrected chi connectivity index (χ4v) is 2.07. The van der Waals surface area contributed by atoms with Crippen molar-refractivity contribution in [1.82, 2.24) is 19.9 Å². The highest BCUT2D eigenvalue weighted by Gasteiger charge is 2.19. The predicted octanol–water partition coefficient (Wildman–Crippen LogP) is 2.97. The van der Waals surface area contributed by atoms with E-state index in [1.54, 1.807) is 6.20 Å². The van der Waals surface area contributed by atoms with Gasteiger partial charge in [-0.3, -0.25) is 4.98 Å². The van der Waals surface area contributed by atoms with Gasteiger partial charge in [-0.2, -0.15) is 9.97 Å². The van der Waals surface area contributed by atoms with Crippen molar-refractivity contribution in [3.63, 3.8) is 0 Å². The monoisotopic (exact) mass is 279 g/mol. The number of benzene rings is 1. The number of fused-ring (bicyclic) bond motifs is 1. The molecule has 2 heterocycles. The van der Waals surface area contributed by atoms with Crippen LogP contribution < -0.4 is 5.73 Å². The van der Waals surface area contributed by atoms with E-state index in [-0.39, 0.29) is 11.4 Å². The van der Waals surface area contributed by atoms with E-state index < -0.39 is 0 Å². The number of rotatable bonds is 1. The number of hydrogen-bond donors (Lipinski definition) is 1. The zero-order valence-corrected chi connectivity index (χ0v) is 12.3. The van der Waals surface area contributed by atoms with E-state index in [1.807, 2.05) is 30.3 Å². The van der Waals surface area contributed by atoms with Crippen LogP contribution in [0.5, 0.6) is 0 Å². The van der Waals surface area contributed by atoms with Crippen LogP contribution in [0.3, 0.4) is 0 Å². The Labute approximate surface area is 123 Å². The number of nitrogens with two attached hydrogens (primary N) is 1. The molecule has 0 saturated carbocycles. The summed E-state index contributed by atoms with van der Waals surface area (Å²) in [7, 11) is 0. The minimum atomic E-state index is -0.176. The highest BCUT2D eigenvalue weighted by molar-refractivity contribution is 5.83. The molecular formula is C16H17N5. The molecule has 3 aromatic rings. The van der Waals surface area contributed by atoms with Crippen LogP contribution in [-0.2, 0) is 5.41 Å². The van der Waals surface area contributed by atoms with Gasteiger partial charge in [0.25, 0.3) is 0 Å². The summed E-state index contributed by atoms with van der Waals surface area (Å²) in [5.74, 6) is 1.53. The Bertz CT molecular complexity index is 805. The highest BCUT2D eigenvalue weighted by atomic mass is 15.1. The third kappa shape index (κ3) is 2.67. The van der Waals surface area contributed by atoms with Gasteiger partial charge in [0.15, 0.2) is 5.82 Å². The van der Waals surface area contributed by atoms with Gasteiger partial charge < -0.3 is 5.73 Å². The smallest absolute Gasteiger partial charge is 0.223 e. The SMILES string of the molecule is CC(C)(C)c1nc(N)nc(-c2ccc3ncccc3c2)n1. The first-order chi connectivity index (χ1) is 9.93. The standard InChI is InChI=1S/C16H17N5/c1-16(2,3)14-19-13(20-15(17)21-14)11-6-7-12-10(9-11)5-4-8-18-12/h4-9H,1-3H3,(H2,17,19,20,21). The molecule has 0 spiro atoms.